The van der Waals surface area contributed by atoms with Crippen molar-refractivity contribution in [3.05, 3.63) is 46.8 Å². The van der Waals surface area contributed by atoms with E-state index in [4.69, 9.17) is 10.5 Å². The minimum atomic E-state index is -0.124. The summed E-state index contributed by atoms with van der Waals surface area (Å²) in [6.45, 7) is 1.77. The van der Waals surface area contributed by atoms with Gasteiger partial charge in [-0.2, -0.15) is 0 Å². The lowest BCUT2D eigenvalue weighted by Gasteiger charge is -2.16. The predicted molar refractivity (Wildman–Crippen MR) is 85.0 cm³/mol. The summed E-state index contributed by atoms with van der Waals surface area (Å²) in [5.41, 5.74) is 8.49. The third kappa shape index (κ3) is 3.33. The van der Waals surface area contributed by atoms with Gasteiger partial charge in [0.05, 0.1) is 24.1 Å². The normalized spacial score (nSPS) is 10.4. The van der Waals surface area contributed by atoms with Gasteiger partial charge in [-0.05, 0) is 24.6 Å². The molecule has 6 heteroatoms. The molecule has 0 spiro atoms. The van der Waals surface area contributed by atoms with Crippen LogP contribution in [0.3, 0.4) is 0 Å². The lowest BCUT2D eigenvalue weighted by Crippen LogP contribution is -2.25. The number of nitrogen functional groups attached to an aromatic ring is 1. The fourth-order valence-corrected chi connectivity index (χ4v) is 2.22. The number of carbonyl (C=O) groups is 1. The summed E-state index contributed by atoms with van der Waals surface area (Å²) >= 11 is 0. The number of aryl methyl sites for hydroxylation is 1. The van der Waals surface area contributed by atoms with Crippen LogP contribution >= 0.6 is 0 Å². The minimum Gasteiger partial charge on any atom is -0.497 e. The molecule has 1 heterocycles. The minimum absolute atomic E-state index is 0.124. The van der Waals surface area contributed by atoms with Gasteiger partial charge in [0.2, 0.25) is 5.95 Å². The van der Waals surface area contributed by atoms with Crippen molar-refractivity contribution in [3.63, 3.8) is 0 Å². The van der Waals surface area contributed by atoms with Crippen LogP contribution in [0.4, 0.5) is 5.95 Å². The average Bonchev–Trinajstić information content (AvgIpc) is 2.47. The first-order chi connectivity index (χ1) is 10.4. The number of nitrogens with zero attached hydrogens (tertiary/aromatic N) is 3. The van der Waals surface area contributed by atoms with E-state index in [1.165, 1.54) is 4.90 Å². The molecule has 2 N–H and O–H groups in total. The molecule has 6 nitrogen and oxygen atoms in total. The molecule has 1 aromatic carbocycles. The molecule has 116 valence electrons. The van der Waals surface area contributed by atoms with E-state index in [1.807, 2.05) is 24.3 Å². The van der Waals surface area contributed by atoms with Crippen molar-refractivity contribution in [2.75, 3.05) is 26.9 Å². The second-order valence-corrected chi connectivity index (χ2v) is 5.21. The van der Waals surface area contributed by atoms with Gasteiger partial charge < -0.3 is 15.4 Å². The van der Waals surface area contributed by atoms with Crippen LogP contribution in [0.1, 0.15) is 27.3 Å². The van der Waals surface area contributed by atoms with Crippen LogP contribution in [-0.2, 0) is 6.42 Å². The van der Waals surface area contributed by atoms with Crippen molar-refractivity contribution in [3.8, 4) is 5.75 Å². The highest BCUT2D eigenvalue weighted by atomic mass is 16.5. The SMILES string of the molecule is COc1ccc(Cc2nc(N)nc(C)c2C(=O)N(C)C)cc1. The molecule has 1 aromatic heterocycles. The highest BCUT2D eigenvalue weighted by Gasteiger charge is 2.19. The van der Waals surface area contributed by atoms with E-state index in [0.717, 1.165) is 11.3 Å². The summed E-state index contributed by atoms with van der Waals surface area (Å²) in [5, 5.41) is 0. The monoisotopic (exact) mass is 300 g/mol. The van der Waals surface area contributed by atoms with Gasteiger partial charge in [-0.25, -0.2) is 9.97 Å². The Morgan fingerprint density at radius 1 is 1.23 bits per heavy atom. The molecule has 0 saturated carbocycles. The number of hydrogen-bond donors (Lipinski definition) is 1. The summed E-state index contributed by atoms with van der Waals surface area (Å²) in [5.74, 6) is 0.837. The number of rotatable bonds is 4. The molecular formula is C16H20N4O2. The van der Waals surface area contributed by atoms with Gasteiger partial charge in [0, 0.05) is 20.5 Å². The standard InChI is InChI=1S/C16H20N4O2/c1-10-14(15(21)20(2)3)13(19-16(17)18-10)9-11-5-7-12(22-4)8-6-11/h5-8H,9H2,1-4H3,(H2,17,18,19). The first-order valence-electron chi connectivity index (χ1n) is 6.90. The molecule has 0 saturated heterocycles. The Morgan fingerprint density at radius 2 is 1.86 bits per heavy atom. The molecule has 2 rings (SSSR count). The molecule has 0 fully saturated rings. The fourth-order valence-electron chi connectivity index (χ4n) is 2.22. The smallest absolute Gasteiger partial charge is 0.257 e. The van der Waals surface area contributed by atoms with E-state index < -0.39 is 0 Å². The molecule has 0 aliphatic carbocycles. The van der Waals surface area contributed by atoms with Gasteiger partial charge in [0.25, 0.3) is 5.91 Å². The number of anilines is 1. The molecule has 0 bridgehead atoms. The molecule has 0 unspecified atom stereocenters. The first kappa shape index (κ1) is 15.8. The van der Waals surface area contributed by atoms with Crippen LogP contribution in [0.5, 0.6) is 5.75 Å². The Balaban J connectivity index is 2.42. The van der Waals surface area contributed by atoms with Gasteiger partial charge in [0.1, 0.15) is 5.75 Å². The summed E-state index contributed by atoms with van der Waals surface area (Å²) < 4.78 is 5.14. The molecular weight excluding hydrogens is 280 g/mol. The number of amides is 1. The molecule has 0 radical (unpaired) electrons. The number of methoxy groups -OCH3 is 1. The second kappa shape index (κ2) is 6.43. The Hall–Kier alpha value is -2.63. The number of nitrogens with two attached hydrogens (primary N) is 1. The molecule has 0 atom stereocenters. The van der Waals surface area contributed by atoms with Crippen LogP contribution in [0.2, 0.25) is 0 Å². The molecule has 0 aliphatic rings. The summed E-state index contributed by atoms with van der Waals surface area (Å²) in [7, 11) is 5.03. The van der Waals surface area contributed by atoms with Gasteiger partial charge in [0.15, 0.2) is 0 Å². The summed E-state index contributed by atoms with van der Waals surface area (Å²) in [6.07, 6.45) is 0.506. The van der Waals surface area contributed by atoms with Crippen molar-refractivity contribution >= 4 is 11.9 Å². The Kier molecular flexibility index (Phi) is 4.60. The van der Waals surface area contributed by atoms with Crippen molar-refractivity contribution in [2.24, 2.45) is 0 Å². The number of ether oxygens (including phenoxy) is 1. The Morgan fingerprint density at radius 3 is 2.41 bits per heavy atom. The van der Waals surface area contributed by atoms with E-state index in [9.17, 15) is 4.79 Å². The third-order valence-electron chi connectivity index (χ3n) is 3.33. The third-order valence-corrected chi connectivity index (χ3v) is 3.33. The van der Waals surface area contributed by atoms with Gasteiger partial charge in [-0.3, -0.25) is 4.79 Å². The van der Waals surface area contributed by atoms with E-state index in [1.54, 1.807) is 28.1 Å². The molecule has 2 aromatic rings. The fraction of sp³-hybridized carbons (Fsp3) is 0.312. The van der Waals surface area contributed by atoms with E-state index in [-0.39, 0.29) is 11.9 Å². The zero-order valence-corrected chi connectivity index (χ0v) is 13.3. The molecule has 22 heavy (non-hydrogen) atoms. The second-order valence-electron chi connectivity index (χ2n) is 5.21. The maximum absolute atomic E-state index is 12.4. The van der Waals surface area contributed by atoms with Gasteiger partial charge >= 0.3 is 0 Å². The lowest BCUT2D eigenvalue weighted by molar-refractivity contribution is 0.0825. The van der Waals surface area contributed by atoms with Crippen molar-refractivity contribution < 1.29 is 9.53 Å². The van der Waals surface area contributed by atoms with Crippen LogP contribution in [0.25, 0.3) is 0 Å². The lowest BCUT2D eigenvalue weighted by atomic mass is 10.0. The largest absolute Gasteiger partial charge is 0.497 e. The van der Waals surface area contributed by atoms with Crippen molar-refractivity contribution in [1.29, 1.82) is 0 Å². The number of carbonyl (C=O) groups excluding carboxylic acids is 1. The van der Waals surface area contributed by atoms with E-state index >= 15 is 0 Å². The molecule has 0 aliphatic heterocycles. The van der Waals surface area contributed by atoms with Gasteiger partial charge in [-0.1, -0.05) is 12.1 Å². The molecule has 1 amide bonds. The summed E-state index contributed by atoms with van der Waals surface area (Å²) in [6, 6.07) is 7.63. The topological polar surface area (TPSA) is 81.3 Å². The zero-order chi connectivity index (χ0) is 16.3. The van der Waals surface area contributed by atoms with Crippen molar-refractivity contribution in [2.45, 2.75) is 13.3 Å². The van der Waals surface area contributed by atoms with Crippen LogP contribution < -0.4 is 10.5 Å². The maximum Gasteiger partial charge on any atom is 0.257 e. The van der Waals surface area contributed by atoms with E-state index in [2.05, 4.69) is 9.97 Å². The highest BCUT2D eigenvalue weighted by molar-refractivity contribution is 5.96. The zero-order valence-electron chi connectivity index (χ0n) is 13.3. The quantitative estimate of drug-likeness (QED) is 0.929. The van der Waals surface area contributed by atoms with Crippen LogP contribution in [0.15, 0.2) is 24.3 Å². The Labute approximate surface area is 129 Å². The Bertz CT molecular complexity index is 681. The number of benzene rings is 1. The van der Waals surface area contributed by atoms with Crippen LogP contribution in [0, 0.1) is 6.92 Å². The number of aromatic nitrogens is 2. The highest BCUT2D eigenvalue weighted by Crippen LogP contribution is 2.19. The predicted octanol–water partition coefficient (Wildman–Crippen LogP) is 1.67. The first-order valence-corrected chi connectivity index (χ1v) is 6.90. The van der Waals surface area contributed by atoms with Crippen molar-refractivity contribution in [1.82, 2.24) is 14.9 Å². The summed E-state index contributed by atoms with van der Waals surface area (Å²) in [4.78, 5) is 22.3. The maximum atomic E-state index is 12.4. The van der Waals surface area contributed by atoms with Gasteiger partial charge in [-0.15, -0.1) is 0 Å². The number of hydrogen-bond acceptors (Lipinski definition) is 5. The van der Waals surface area contributed by atoms with Crippen LogP contribution in [-0.4, -0.2) is 42.0 Å². The van der Waals surface area contributed by atoms with E-state index in [0.29, 0.717) is 23.4 Å². The average molecular weight is 300 g/mol.